The quantitative estimate of drug-likeness (QED) is 0.444. The second-order valence-corrected chi connectivity index (χ2v) is 1.12. The van der Waals surface area contributed by atoms with Crippen LogP contribution in [0.1, 0.15) is 0 Å². The van der Waals surface area contributed by atoms with Crippen LogP contribution in [0.3, 0.4) is 0 Å². The molecule has 1 heterocycles. The first kappa shape index (κ1) is 5.23. The van der Waals surface area contributed by atoms with Gasteiger partial charge in [-0.05, 0) is 0 Å². The molecule has 0 atom stereocenters. The second kappa shape index (κ2) is 1.55. The smallest absolute Gasteiger partial charge is 0.0946 e. The Labute approximate surface area is 42.9 Å². The molecule has 3 nitrogen and oxygen atoms in total. The normalized spacial score (nSPS) is 20.9. The zero-order valence-electron chi connectivity index (χ0n) is 3.63. The van der Waals surface area contributed by atoms with E-state index < -0.39 is 15.8 Å². The molecule has 0 radical (unpaired) electrons. The Hall–Kier alpha value is -0.910. The van der Waals surface area contributed by atoms with Crippen molar-refractivity contribution in [1.29, 1.82) is 0 Å². The van der Waals surface area contributed by atoms with Gasteiger partial charge >= 0.3 is 0 Å². The van der Waals surface area contributed by atoms with Gasteiger partial charge in [0, 0.05) is 0 Å². The van der Waals surface area contributed by atoms with Crippen molar-refractivity contribution in [3.63, 3.8) is 0 Å². The van der Waals surface area contributed by atoms with E-state index in [1.807, 2.05) is 0 Å². The van der Waals surface area contributed by atoms with Gasteiger partial charge in [-0.3, -0.25) is 0 Å². The van der Waals surface area contributed by atoms with Crippen LogP contribution in [0.15, 0.2) is 12.4 Å². The highest BCUT2D eigenvalue weighted by atomic mass is 19.3. The molecule has 1 rings (SSSR count). The summed E-state index contributed by atoms with van der Waals surface area (Å²) in [6.07, 6.45) is 1.17. The van der Waals surface area contributed by atoms with E-state index in [4.69, 9.17) is 0 Å². The summed E-state index contributed by atoms with van der Waals surface area (Å²) in [6.45, 7) is 0. The molecule has 0 aromatic rings. The highest BCUT2D eigenvalue weighted by molar-refractivity contribution is 4.75. The predicted molar refractivity (Wildman–Crippen MR) is 18.0 cm³/mol. The lowest BCUT2D eigenvalue weighted by Gasteiger charge is -2.10. The Bertz CT molecular complexity index is 103. The third-order valence-corrected chi connectivity index (χ3v) is 0.628. The summed E-state index contributed by atoms with van der Waals surface area (Å²) in [7, 11) is 0. The maximum atomic E-state index is 11.6. The van der Waals surface area contributed by atoms with E-state index in [2.05, 4.69) is 0 Å². The van der Waals surface area contributed by atoms with E-state index in [1.165, 1.54) is 0 Å². The van der Waals surface area contributed by atoms with Crippen LogP contribution in [-0.4, -0.2) is 15.8 Å². The predicted octanol–water partition coefficient (Wildman–Crippen LogP) is 0.861. The summed E-state index contributed by atoms with van der Waals surface area (Å²) in [6, 6.07) is 0. The van der Waals surface area contributed by atoms with Crippen molar-refractivity contribution in [3.05, 3.63) is 12.4 Å². The average molecular weight is 125 g/mol. The molecule has 0 fully saturated rings. The van der Waals surface area contributed by atoms with Crippen LogP contribution in [0.5, 0.6) is 0 Å². The van der Waals surface area contributed by atoms with Gasteiger partial charge in [0.05, 0.1) is 12.4 Å². The molecular weight excluding hydrogens is 123 g/mol. The van der Waals surface area contributed by atoms with Gasteiger partial charge in [0.1, 0.15) is 5.34 Å². The Morgan fingerprint density at radius 1 is 0.875 bits per heavy atom. The van der Waals surface area contributed by atoms with Crippen molar-refractivity contribution >= 4 is 0 Å². The van der Waals surface area contributed by atoms with Gasteiger partial charge < -0.3 is 0 Å². The molecule has 0 saturated carbocycles. The molecule has 8 heavy (non-hydrogen) atoms. The lowest BCUT2D eigenvalue weighted by molar-refractivity contribution is -0.366. The summed E-state index contributed by atoms with van der Waals surface area (Å²) in [5.41, 5.74) is 0. The largest absolute Gasteiger partial charge is 0.101 e. The average Bonchev–Trinajstić information content (AvgIpc) is 1.98. The molecule has 46 valence electrons. The Balaban J connectivity index is 2.55. The van der Waals surface area contributed by atoms with Gasteiger partial charge in [-0.15, -0.1) is 0 Å². The number of rotatable bonds is 0. The molecule has 0 bridgehead atoms. The third kappa shape index (κ3) is 0.583. The van der Waals surface area contributed by atoms with Crippen molar-refractivity contribution in [2.75, 3.05) is 0 Å². The molecule has 6 heteroatoms. The molecule has 0 spiro atoms. The van der Waals surface area contributed by atoms with Gasteiger partial charge in [-0.2, -0.15) is 0 Å². The third-order valence-electron chi connectivity index (χ3n) is 0.628. The highest BCUT2D eigenvalue weighted by Crippen LogP contribution is 2.13. The van der Waals surface area contributed by atoms with E-state index in [1.54, 1.807) is 0 Å². The minimum atomic E-state index is -0.833. The fraction of sp³-hybridized carbons (Fsp3) is 0. The molecule has 1 aliphatic rings. The topological polar surface area (TPSA) is 9.72 Å². The summed E-state index contributed by atoms with van der Waals surface area (Å²) < 4.78 is 34.8. The number of hydrazine groups is 2. The minimum absolute atomic E-state index is 0.542. The molecule has 0 aromatic heterocycles. The first-order chi connectivity index (χ1) is 3.72. The molecular formula is C2H2F3N3. The van der Waals surface area contributed by atoms with Crippen molar-refractivity contribution in [2.24, 2.45) is 0 Å². The van der Waals surface area contributed by atoms with Crippen molar-refractivity contribution in [1.82, 2.24) is 15.8 Å². The van der Waals surface area contributed by atoms with Crippen molar-refractivity contribution < 1.29 is 13.4 Å². The molecule has 0 aromatic carbocycles. The second-order valence-electron chi connectivity index (χ2n) is 1.12. The van der Waals surface area contributed by atoms with Crippen LogP contribution in [0.25, 0.3) is 0 Å². The Morgan fingerprint density at radius 2 is 1.25 bits per heavy atom. The number of nitrogens with zero attached hydrogens (tertiary/aromatic N) is 3. The zero-order valence-corrected chi connectivity index (χ0v) is 3.63. The summed E-state index contributed by atoms with van der Waals surface area (Å²) in [5, 5.41) is -1.92. The fourth-order valence-electron chi connectivity index (χ4n) is 0.302. The Morgan fingerprint density at radius 3 is 1.38 bits per heavy atom. The minimum Gasteiger partial charge on any atom is -0.0946 e. The zero-order chi connectivity index (χ0) is 6.15. The monoisotopic (exact) mass is 125 g/mol. The standard InChI is InChI=1S/C2H2F3N3/c3-6-1-2-7(4)8(6)5/h1-2H. The molecule has 0 amide bonds. The first-order valence-electron chi connectivity index (χ1n) is 1.76. The molecule has 0 unspecified atom stereocenters. The van der Waals surface area contributed by atoms with E-state index in [-0.39, 0.29) is 0 Å². The van der Waals surface area contributed by atoms with Crippen LogP contribution < -0.4 is 0 Å². The summed E-state index contributed by atoms with van der Waals surface area (Å²) in [4.78, 5) is 0. The molecule has 0 N–H and O–H groups in total. The van der Waals surface area contributed by atoms with E-state index in [9.17, 15) is 13.4 Å². The van der Waals surface area contributed by atoms with Gasteiger partial charge in [-0.25, -0.2) is 0 Å². The number of hydrogen-bond donors (Lipinski definition) is 0. The lowest BCUT2D eigenvalue weighted by Crippen LogP contribution is -2.27. The maximum absolute atomic E-state index is 11.6. The van der Waals surface area contributed by atoms with Crippen LogP contribution in [0, 0.1) is 0 Å². The van der Waals surface area contributed by atoms with Crippen molar-refractivity contribution in [2.45, 2.75) is 0 Å². The van der Waals surface area contributed by atoms with E-state index >= 15 is 0 Å². The molecule has 1 aliphatic heterocycles. The van der Waals surface area contributed by atoms with E-state index in [0.717, 1.165) is 0 Å². The van der Waals surface area contributed by atoms with Crippen LogP contribution in [-0.2, 0) is 0 Å². The van der Waals surface area contributed by atoms with Gasteiger partial charge in [-0.1, -0.05) is 23.9 Å². The van der Waals surface area contributed by atoms with Crippen LogP contribution in [0.2, 0.25) is 0 Å². The molecule has 0 aliphatic carbocycles. The first-order valence-corrected chi connectivity index (χ1v) is 1.76. The number of halogens is 3. The number of hydrogen-bond acceptors (Lipinski definition) is 3. The Kier molecular flexibility index (Phi) is 1.01. The van der Waals surface area contributed by atoms with Gasteiger partial charge in [0.25, 0.3) is 0 Å². The van der Waals surface area contributed by atoms with Gasteiger partial charge in [0.2, 0.25) is 0 Å². The summed E-state index contributed by atoms with van der Waals surface area (Å²) in [5.74, 6) is 0. The summed E-state index contributed by atoms with van der Waals surface area (Å²) >= 11 is 0. The molecule has 0 saturated heterocycles. The fourth-order valence-corrected chi connectivity index (χ4v) is 0.302. The van der Waals surface area contributed by atoms with Gasteiger partial charge in [0.15, 0.2) is 0 Å². The van der Waals surface area contributed by atoms with Crippen LogP contribution in [0.4, 0.5) is 13.4 Å². The highest BCUT2D eigenvalue weighted by Gasteiger charge is 2.23. The SMILES string of the molecule is FN1C=CN(F)N1F. The van der Waals surface area contributed by atoms with Crippen LogP contribution >= 0.6 is 0 Å². The lowest BCUT2D eigenvalue weighted by atomic mass is 11.0. The van der Waals surface area contributed by atoms with E-state index in [0.29, 0.717) is 12.4 Å². The van der Waals surface area contributed by atoms with Crippen molar-refractivity contribution in [3.8, 4) is 0 Å². The maximum Gasteiger partial charge on any atom is 0.101 e.